The van der Waals surface area contributed by atoms with Crippen LogP contribution in [0.25, 0.3) is 30.2 Å². The van der Waals surface area contributed by atoms with Gasteiger partial charge in [-0.15, -0.1) is 22.7 Å². The molecule has 0 aliphatic heterocycles. The monoisotopic (exact) mass is 267 g/mol. The minimum absolute atomic E-state index is 1.11. The molecule has 4 aromatic rings. The molecule has 18 heavy (non-hydrogen) atoms. The summed E-state index contributed by atoms with van der Waals surface area (Å²) in [5.41, 5.74) is 1.20. The Bertz CT molecular complexity index is 827. The summed E-state index contributed by atoms with van der Waals surface area (Å²) >= 11 is 3.56. The van der Waals surface area contributed by atoms with Gasteiger partial charge in [0.25, 0.3) is 0 Å². The van der Waals surface area contributed by atoms with Gasteiger partial charge in [-0.3, -0.25) is 0 Å². The van der Waals surface area contributed by atoms with E-state index in [2.05, 4.69) is 48.5 Å². The van der Waals surface area contributed by atoms with Gasteiger partial charge in [-0.25, -0.2) is 4.98 Å². The van der Waals surface area contributed by atoms with Crippen LogP contribution in [0.4, 0.5) is 0 Å². The molecule has 0 amide bonds. The SMILES string of the molecule is c1ccc(-c2nc3sc4ccccc4c3s2)cc1. The summed E-state index contributed by atoms with van der Waals surface area (Å²) in [5, 5.41) is 2.44. The lowest BCUT2D eigenvalue weighted by atomic mass is 10.2. The van der Waals surface area contributed by atoms with Crippen molar-refractivity contribution >= 4 is 42.3 Å². The van der Waals surface area contributed by atoms with Crippen LogP contribution in [0.1, 0.15) is 0 Å². The summed E-state index contributed by atoms with van der Waals surface area (Å²) < 4.78 is 2.64. The van der Waals surface area contributed by atoms with E-state index in [1.54, 1.807) is 22.7 Å². The largest absolute Gasteiger partial charge is 0.225 e. The van der Waals surface area contributed by atoms with E-state index in [9.17, 15) is 0 Å². The Kier molecular flexibility index (Phi) is 2.22. The highest BCUT2D eigenvalue weighted by atomic mass is 32.1. The van der Waals surface area contributed by atoms with Gasteiger partial charge >= 0.3 is 0 Å². The Morgan fingerprint density at radius 1 is 0.778 bits per heavy atom. The molecule has 0 aliphatic carbocycles. The van der Waals surface area contributed by atoms with Crippen molar-refractivity contribution in [3.8, 4) is 10.6 Å². The summed E-state index contributed by atoms with van der Waals surface area (Å²) in [6, 6.07) is 18.9. The van der Waals surface area contributed by atoms with Gasteiger partial charge in [-0.05, 0) is 6.07 Å². The highest BCUT2D eigenvalue weighted by molar-refractivity contribution is 7.33. The maximum Gasteiger partial charge on any atom is 0.136 e. The summed E-state index contributed by atoms with van der Waals surface area (Å²) in [6.07, 6.45) is 0. The van der Waals surface area contributed by atoms with Crippen LogP contribution in [0.5, 0.6) is 0 Å². The quantitative estimate of drug-likeness (QED) is 0.463. The fourth-order valence-corrected chi connectivity index (χ4v) is 4.45. The average molecular weight is 267 g/mol. The van der Waals surface area contributed by atoms with Crippen molar-refractivity contribution in [3.63, 3.8) is 0 Å². The van der Waals surface area contributed by atoms with Crippen LogP contribution >= 0.6 is 22.7 Å². The first-order valence-electron chi connectivity index (χ1n) is 5.75. The lowest BCUT2D eigenvalue weighted by Crippen LogP contribution is -1.72. The Balaban J connectivity index is 2.00. The Morgan fingerprint density at radius 3 is 2.44 bits per heavy atom. The third-order valence-corrected chi connectivity index (χ3v) is 5.29. The number of aromatic nitrogens is 1. The van der Waals surface area contributed by atoms with Crippen molar-refractivity contribution < 1.29 is 0 Å². The molecule has 3 heteroatoms. The summed E-state index contributed by atoms with van der Waals surface area (Å²) in [4.78, 5) is 5.91. The second-order valence-corrected chi connectivity index (χ2v) is 6.15. The number of hydrogen-bond donors (Lipinski definition) is 0. The standard InChI is InChI=1S/C15H9NS2/c1-2-6-10(7-3-1)14-16-15-13(18-14)11-8-4-5-9-12(11)17-15/h1-9H. The van der Waals surface area contributed by atoms with Crippen molar-refractivity contribution in [2.45, 2.75) is 0 Å². The van der Waals surface area contributed by atoms with Gasteiger partial charge < -0.3 is 0 Å². The second kappa shape index (κ2) is 3.90. The number of nitrogens with zero attached hydrogens (tertiary/aromatic N) is 1. The van der Waals surface area contributed by atoms with Gasteiger partial charge in [-0.1, -0.05) is 48.5 Å². The molecule has 4 rings (SSSR count). The Hall–Kier alpha value is -1.71. The minimum atomic E-state index is 1.11. The van der Waals surface area contributed by atoms with Crippen LogP contribution in [0.2, 0.25) is 0 Å². The van der Waals surface area contributed by atoms with Gasteiger partial charge in [0.15, 0.2) is 0 Å². The minimum Gasteiger partial charge on any atom is -0.225 e. The summed E-state index contributed by atoms with van der Waals surface area (Å²) in [7, 11) is 0. The van der Waals surface area contributed by atoms with E-state index in [0.29, 0.717) is 0 Å². The summed E-state index contributed by atoms with van der Waals surface area (Å²) in [5.74, 6) is 0. The Labute approximate surface area is 112 Å². The average Bonchev–Trinajstić information content (AvgIpc) is 2.97. The second-order valence-electron chi connectivity index (χ2n) is 4.12. The van der Waals surface area contributed by atoms with E-state index in [1.807, 2.05) is 6.07 Å². The maximum atomic E-state index is 4.76. The first-order valence-corrected chi connectivity index (χ1v) is 7.38. The van der Waals surface area contributed by atoms with Gasteiger partial charge in [0.05, 0.1) is 4.70 Å². The van der Waals surface area contributed by atoms with Crippen LogP contribution in [-0.2, 0) is 0 Å². The first kappa shape index (κ1) is 10.2. The first-order chi connectivity index (χ1) is 8.92. The van der Waals surface area contributed by atoms with Crippen LogP contribution < -0.4 is 0 Å². The predicted molar refractivity (Wildman–Crippen MR) is 80.4 cm³/mol. The lowest BCUT2D eigenvalue weighted by molar-refractivity contribution is 1.50. The molecule has 86 valence electrons. The number of benzene rings is 2. The zero-order chi connectivity index (χ0) is 11.9. The highest BCUT2D eigenvalue weighted by Gasteiger charge is 2.11. The molecule has 0 bridgehead atoms. The zero-order valence-corrected chi connectivity index (χ0v) is 11.1. The molecule has 0 atom stereocenters. The molecular weight excluding hydrogens is 258 g/mol. The molecule has 0 saturated carbocycles. The number of thiazole rings is 1. The van der Waals surface area contributed by atoms with Crippen LogP contribution in [0.3, 0.4) is 0 Å². The number of thiophene rings is 1. The van der Waals surface area contributed by atoms with Crippen LogP contribution in [0, 0.1) is 0 Å². The molecule has 0 aliphatic rings. The fourth-order valence-electron chi connectivity index (χ4n) is 2.10. The molecule has 0 saturated heterocycles. The van der Waals surface area contributed by atoms with E-state index < -0.39 is 0 Å². The number of rotatable bonds is 1. The fraction of sp³-hybridized carbons (Fsp3) is 0. The molecule has 2 aromatic heterocycles. The molecule has 0 spiro atoms. The van der Waals surface area contributed by atoms with Crippen molar-refractivity contribution in [2.75, 3.05) is 0 Å². The van der Waals surface area contributed by atoms with Crippen molar-refractivity contribution in [2.24, 2.45) is 0 Å². The van der Waals surface area contributed by atoms with Crippen molar-refractivity contribution in [1.29, 1.82) is 0 Å². The third kappa shape index (κ3) is 1.48. The van der Waals surface area contributed by atoms with Gasteiger partial charge in [-0.2, -0.15) is 0 Å². The van der Waals surface area contributed by atoms with Crippen LogP contribution in [0.15, 0.2) is 54.6 Å². The third-order valence-electron chi connectivity index (χ3n) is 2.96. The van der Waals surface area contributed by atoms with Gasteiger partial charge in [0.1, 0.15) is 9.84 Å². The van der Waals surface area contributed by atoms with Crippen molar-refractivity contribution in [1.82, 2.24) is 4.98 Å². The number of fused-ring (bicyclic) bond motifs is 3. The van der Waals surface area contributed by atoms with Crippen LogP contribution in [-0.4, -0.2) is 4.98 Å². The Morgan fingerprint density at radius 2 is 1.56 bits per heavy atom. The molecule has 1 nitrogen and oxygen atoms in total. The lowest BCUT2D eigenvalue weighted by Gasteiger charge is -1.93. The topological polar surface area (TPSA) is 12.9 Å². The van der Waals surface area contributed by atoms with Gasteiger partial charge in [0.2, 0.25) is 0 Å². The zero-order valence-electron chi connectivity index (χ0n) is 9.46. The van der Waals surface area contributed by atoms with E-state index in [0.717, 1.165) is 9.84 Å². The molecule has 2 aromatic carbocycles. The van der Waals surface area contributed by atoms with E-state index in [1.165, 1.54) is 20.3 Å². The number of hydrogen-bond acceptors (Lipinski definition) is 3. The molecular formula is C15H9NS2. The van der Waals surface area contributed by atoms with E-state index in [-0.39, 0.29) is 0 Å². The molecule has 2 heterocycles. The van der Waals surface area contributed by atoms with Crippen molar-refractivity contribution in [3.05, 3.63) is 54.6 Å². The molecule has 0 N–H and O–H groups in total. The molecule has 0 unspecified atom stereocenters. The van der Waals surface area contributed by atoms with Gasteiger partial charge in [0, 0.05) is 15.6 Å². The predicted octanol–water partition coefficient (Wildman–Crippen LogP) is 5.18. The molecule has 0 fully saturated rings. The van der Waals surface area contributed by atoms with E-state index >= 15 is 0 Å². The highest BCUT2D eigenvalue weighted by Crippen LogP contribution is 2.39. The maximum absolute atomic E-state index is 4.76. The normalized spacial score (nSPS) is 11.3. The smallest absolute Gasteiger partial charge is 0.136 e. The summed E-state index contributed by atoms with van der Waals surface area (Å²) in [6.45, 7) is 0. The van der Waals surface area contributed by atoms with E-state index in [4.69, 9.17) is 4.98 Å². The molecule has 0 radical (unpaired) electrons.